The molecule has 0 saturated heterocycles. The van der Waals surface area contributed by atoms with E-state index in [0.717, 1.165) is 11.0 Å². The van der Waals surface area contributed by atoms with Crippen molar-refractivity contribution in [2.75, 3.05) is 18.9 Å². The number of amides is 1. The molecule has 0 spiro atoms. The second kappa shape index (κ2) is 6.37. The standard InChI is InChI=1S/C10H11BrN4OS2/c1-15(3-8-2-7(11)5-17-8)4-9(16)13-10-14-12-6-18-10/h2,5-6H,3-4H2,1H3,(H,13,14,16). The van der Waals surface area contributed by atoms with Crippen molar-refractivity contribution >= 4 is 49.6 Å². The quantitative estimate of drug-likeness (QED) is 0.903. The molecule has 1 N–H and O–H groups in total. The van der Waals surface area contributed by atoms with Gasteiger partial charge in [-0.25, -0.2) is 0 Å². The van der Waals surface area contributed by atoms with Crippen LogP contribution in [0.5, 0.6) is 0 Å². The Kier molecular flexibility index (Phi) is 4.81. The van der Waals surface area contributed by atoms with Crippen molar-refractivity contribution in [2.45, 2.75) is 6.54 Å². The number of rotatable bonds is 5. The van der Waals surface area contributed by atoms with Gasteiger partial charge in [-0.2, -0.15) is 0 Å². The number of nitrogens with zero attached hydrogens (tertiary/aromatic N) is 3. The van der Waals surface area contributed by atoms with Gasteiger partial charge in [-0.3, -0.25) is 15.0 Å². The van der Waals surface area contributed by atoms with Crippen molar-refractivity contribution < 1.29 is 4.79 Å². The molecule has 2 aromatic heterocycles. The van der Waals surface area contributed by atoms with Crippen molar-refractivity contribution in [1.82, 2.24) is 15.1 Å². The largest absolute Gasteiger partial charge is 0.299 e. The van der Waals surface area contributed by atoms with Crippen LogP contribution in [0.15, 0.2) is 21.4 Å². The van der Waals surface area contributed by atoms with E-state index in [1.54, 1.807) is 16.8 Å². The highest BCUT2D eigenvalue weighted by molar-refractivity contribution is 9.10. The minimum atomic E-state index is -0.0788. The monoisotopic (exact) mass is 346 g/mol. The molecule has 0 bridgehead atoms. The summed E-state index contributed by atoms with van der Waals surface area (Å²) >= 11 is 6.39. The van der Waals surface area contributed by atoms with E-state index in [0.29, 0.717) is 11.7 Å². The van der Waals surface area contributed by atoms with Crippen molar-refractivity contribution in [3.63, 3.8) is 0 Å². The van der Waals surface area contributed by atoms with Gasteiger partial charge in [0, 0.05) is 21.3 Å². The van der Waals surface area contributed by atoms with Crippen molar-refractivity contribution in [3.05, 3.63) is 26.3 Å². The van der Waals surface area contributed by atoms with Crippen molar-refractivity contribution in [3.8, 4) is 0 Å². The third-order valence-corrected chi connectivity index (χ3v) is 4.36. The molecule has 0 saturated carbocycles. The van der Waals surface area contributed by atoms with Crippen LogP contribution in [0.2, 0.25) is 0 Å². The molecule has 2 heterocycles. The number of aromatic nitrogens is 2. The molecule has 18 heavy (non-hydrogen) atoms. The van der Waals surface area contributed by atoms with E-state index in [-0.39, 0.29) is 5.91 Å². The highest BCUT2D eigenvalue weighted by atomic mass is 79.9. The second-order valence-electron chi connectivity index (χ2n) is 3.70. The molecule has 0 aliphatic rings. The molecule has 0 aromatic carbocycles. The van der Waals surface area contributed by atoms with Crippen LogP contribution in [0.1, 0.15) is 4.88 Å². The zero-order chi connectivity index (χ0) is 13.0. The Hall–Kier alpha value is -0.830. The Labute approximate surface area is 121 Å². The lowest BCUT2D eigenvalue weighted by molar-refractivity contribution is -0.117. The first-order valence-corrected chi connectivity index (χ1v) is 7.66. The van der Waals surface area contributed by atoms with Gasteiger partial charge in [-0.15, -0.1) is 21.5 Å². The Bertz CT molecular complexity index is 514. The molecule has 0 radical (unpaired) electrons. The van der Waals surface area contributed by atoms with Gasteiger partial charge < -0.3 is 0 Å². The fourth-order valence-corrected chi connectivity index (χ4v) is 3.38. The Morgan fingerprint density at radius 2 is 2.39 bits per heavy atom. The SMILES string of the molecule is CN(CC(=O)Nc1nncs1)Cc1cc(Br)cs1. The highest BCUT2D eigenvalue weighted by Crippen LogP contribution is 2.20. The zero-order valence-electron chi connectivity index (χ0n) is 9.59. The molecule has 2 aromatic rings. The van der Waals surface area contributed by atoms with E-state index in [4.69, 9.17) is 0 Å². The number of carbonyl (C=O) groups is 1. The normalized spacial score (nSPS) is 10.8. The van der Waals surface area contributed by atoms with E-state index < -0.39 is 0 Å². The first-order chi connectivity index (χ1) is 8.63. The zero-order valence-corrected chi connectivity index (χ0v) is 12.8. The number of carbonyl (C=O) groups excluding carboxylic acids is 1. The maximum absolute atomic E-state index is 11.7. The fourth-order valence-electron chi connectivity index (χ4n) is 1.39. The summed E-state index contributed by atoms with van der Waals surface area (Å²) in [5, 5.41) is 12.7. The van der Waals surface area contributed by atoms with Crippen LogP contribution in [0.4, 0.5) is 5.13 Å². The lowest BCUT2D eigenvalue weighted by atomic mass is 10.4. The predicted octanol–water partition coefficient (Wildman–Crippen LogP) is 2.43. The minimum Gasteiger partial charge on any atom is -0.299 e. The van der Waals surface area contributed by atoms with Gasteiger partial charge in [-0.1, -0.05) is 11.3 Å². The molecule has 96 valence electrons. The summed E-state index contributed by atoms with van der Waals surface area (Å²) in [7, 11) is 1.91. The lowest BCUT2D eigenvalue weighted by Gasteiger charge is -2.14. The number of halogens is 1. The first-order valence-electron chi connectivity index (χ1n) is 5.11. The van der Waals surface area contributed by atoms with E-state index in [1.807, 2.05) is 17.3 Å². The Morgan fingerprint density at radius 1 is 1.56 bits per heavy atom. The summed E-state index contributed by atoms with van der Waals surface area (Å²) in [6.07, 6.45) is 0. The molecule has 0 unspecified atom stereocenters. The molecule has 0 aliphatic heterocycles. The van der Waals surface area contributed by atoms with Gasteiger partial charge in [0.15, 0.2) is 0 Å². The minimum absolute atomic E-state index is 0.0788. The third-order valence-electron chi connectivity index (χ3n) is 2.07. The summed E-state index contributed by atoms with van der Waals surface area (Å²) in [5.41, 5.74) is 1.59. The summed E-state index contributed by atoms with van der Waals surface area (Å²) in [4.78, 5) is 14.9. The number of hydrogen-bond acceptors (Lipinski definition) is 6. The number of thiophene rings is 1. The fraction of sp³-hybridized carbons (Fsp3) is 0.300. The van der Waals surface area contributed by atoms with Crippen LogP contribution in [0.3, 0.4) is 0 Å². The third kappa shape index (κ3) is 4.13. The Morgan fingerprint density at radius 3 is 3.00 bits per heavy atom. The smallest absolute Gasteiger partial charge is 0.240 e. The molecule has 5 nitrogen and oxygen atoms in total. The molecular weight excluding hydrogens is 336 g/mol. The highest BCUT2D eigenvalue weighted by Gasteiger charge is 2.09. The molecule has 0 atom stereocenters. The van der Waals surface area contributed by atoms with Crippen molar-refractivity contribution in [1.29, 1.82) is 0 Å². The van der Waals surface area contributed by atoms with Crippen LogP contribution in [-0.2, 0) is 11.3 Å². The number of hydrogen-bond donors (Lipinski definition) is 1. The van der Waals surface area contributed by atoms with E-state index in [1.165, 1.54) is 16.2 Å². The van der Waals surface area contributed by atoms with E-state index in [9.17, 15) is 4.79 Å². The van der Waals surface area contributed by atoms with Crippen LogP contribution in [0.25, 0.3) is 0 Å². The number of anilines is 1. The van der Waals surface area contributed by atoms with Gasteiger partial charge in [0.2, 0.25) is 11.0 Å². The van der Waals surface area contributed by atoms with Crippen LogP contribution in [-0.4, -0.2) is 34.6 Å². The van der Waals surface area contributed by atoms with Crippen LogP contribution >= 0.6 is 38.6 Å². The summed E-state index contributed by atoms with van der Waals surface area (Å²) < 4.78 is 1.08. The average Bonchev–Trinajstić information content (AvgIpc) is 2.90. The molecule has 8 heteroatoms. The number of likely N-dealkylation sites (N-methyl/N-ethyl adjacent to an activating group) is 1. The van der Waals surface area contributed by atoms with Gasteiger partial charge in [0.05, 0.1) is 6.54 Å². The van der Waals surface area contributed by atoms with E-state index in [2.05, 4.69) is 37.5 Å². The average molecular weight is 347 g/mol. The second-order valence-corrected chi connectivity index (χ2v) is 6.44. The van der Waals surface area contributed by atoms with Crippen LogP contribution < -0.4 is 5.32 Å². The topological polar surface area (TPSA) is 58.1 Å². The number of nitrogens with one attached hydrogen (secondary N) is 1. The van der Waals surface area contributed by atoms with E-state index >= 15 is 0 Å². The van der Waals surface area contributed by atoms with Gasteiger partial charge in [-0.05, 0) is 29.0 Å². The molecule has 0 fully saturated rings. The summed E-state index contributed by atoms with van der Waals surface area (Å²) in [6, 6.07) is 2.06. The first kappa shape index (κ1) is 13.6. The maximum Gasteiger partial charge on any atom is 0.240 e. The molecule has 0 aliphatic carbocycles. The predicted molar refractivity (Wildman–Crippen MR) is 76.9 cm³/mol. The lowest BCUT2D eigenvalue weighted by Crippen LogP contribution is -2.29. The Balaban J connectivity index is 1.80. The van der Waals surface area contributed by atoms with Gasteiger partial charge >= 0.3 is 0 Å². The molecular formula is C10H11BrN4OS2. The summed E-state index contributed by atoms with van der Waals surface area (Å²) in [5.74, 6) is -0.0788. The summed E-state index contributed by atoms with van der Waals surface area (Å²) in [6.45, 7) is 1.08. The maximum atomic E-state index is 11.7. The van der Waals surface area contributed by atoms with Crippen LogP contribution in [0, 0.1) is 0 Å². The van der Waals surface area contributed by atoms with Crippen molar-refractivity contribution in [2.24, 2.45) is 0 Å². The van der Waals surface area contributed by atoms with Gasteiger partial charge in [0.25, 0.3) is 0 Å². The molecule has 2 rings (SSSR count). The molecule has 1 amide bonds. The van der Waals surface area contributed by atoms with Gasteiger partial charge in [0.1, 0.15) is 5.51 Å².